The van der Waals surface area contributed by atoms with Crippen LogP contribution in [0.2, 0.25) is 0 Å². The highest BCUT2D eigenvalue weighted by atomic mass is 16.1. The van der Waals surface area contributed by atoms with Crippen LogP contribution in [0, 0.1) is 5.92 Å². The zero-order valence-corrected chi connectivity index (χ0v) is 9.06. The number of carbonyl (C=O) groups excluding carboxylic acids is 1. The van der Waals surface area contributed by atoms with E-state index in [2.05, 4.69) is 30.3 Å². The molecule has 0 aliphatic heterocycles. The first kappa shape index (κ1) is 10.4. The van der Waals surface area contributed by atoms with Gasteiger partial charge in [0, 0.05) is 5.92 Å². The minimum atomic E-state index is 0.318. The SMILES string of the molecule is O=CC1CCCC(c2ccccc2)CC1. The van der Waals surface area contributed by atoms with Crippen molar-refractivity contribution >= 4 is 6.29 Å². The normalized spacial score (nSPS) is 26.9. The summed E-state index contributed by atoms with van der Waals surface area (Å²) in [7, 11) is 0. The van der Waals surface area contributed by atoms with E-state index in [1.165, 1.54) is 24.8 Å². The predicted octanol–water partition coefficient (Wildman–Crippen LogP) is 3.55. The van der Waals surface area contributed by atoms with Crippen molar-refractivity contribution in [3.05, 3.63) is 35.9 Å². The second-order valence-electron chi connectivity index (χ2n) is 4.51. The maximum Gasteiger partial charge on any atom is 0.123 e. The summed E-state index contributed by atoms with van der Waals surface area (Å²) >= 11 is 0. The Bertz CT molecular complexity index is 304. The standard InChI is InChI=1S/C14H18O/c15-11-12-5-4-8-14(10-9-12)13-6-2-1-3-7-13/h1-3,6-7,11-12,14H,4-5,8-10H2. The van der Waals surface area contributed by atoms with Gasteiger partial charge in [0.15, 0.2) is 0 Å². The lowest BCUT2D eigenvalue weighted by Gasteiger charge is -2.13. The fraction of sp³-hybridized carbons (Fsp3) is 0.500. The first-order valence-corrected chi connectivity index (χ1v) is 5.90. The first-order valence-electron chi connectivity index (χ1n) is 5.90. The first-order chi connectivity index (χ1) is 7.40. The quantitative estimate of drug-likeness (QED) is 0.529. The van der Waals surface area contributed by atoms with E-state index in [9.17, 15) is 4.79 Å². The number of carbonyl (C=O) groups is 1. The van der Waals surface area contributed by atoms with Crippen molar-refractivity contribution in [1.29, 1.82) is 0 Å². The molecule has 1 nitrogen and oxygen atoms in total. The molecule has 0 heterocycles. The number of aldehydes is 1. The van der Waals surface area contributed by atoms with E-state index in [0.717, 1.165) is 19.1 Å². The summed E-state index contributed by atoms with van der Waals surface area (Å²) in [5.41, 5.74) is 1.45. The van der Waals surface area contributed by atoms with Crippen LogP contribution in [0.15, 0.2) is 30.3 Å². The molecule has 1 aliphatic carbocycles. The monoisotopic (exact) mass is 202 g/mol. The van der Waals surface area contributed by atoms with Gasteiger partial charge in [-0.2, -0.15) is 0 Å². The van der Waals surface area contributed by atoms with Crippen LogP contribution < -0.4 is 0 Å². The van der Waals surface area contributed by atoms with Gasteiger partial charge in [-0.25, -0.2) is 0 Å². The molecule has 1 aromatic rings. The van der Waals surface area contributed by atoms with Crippen molar-refractivity contribution in [2.45, 2.75) is 38.0 Å². The van der Waals surface area contributed by atoms with Crippen molar-refractivity contribution < 1.29 is 4.79 Å². The molecule has 0 aromatic heterocycles. The molecule has 2 rings (SSSR count). The summed E-state index contributed by atoms with van der Waals surface area (Å²) < 4.78 is 0. The van der Waals surface area contributed by atoms with Gasteiger partial charge in [0.25, 0.3) is 0 Å². The minimum Gasteiger partial charge on any atom is -0.303 e. The van der Waals surface area contributed by atoms with Gasteiger partial charge < -0.3 is 4.79 Å². The van der Waals surface area contributed by atoms with Gasteiger partial charge in [-0.05, 0) is 37.2 Å². The third-order valence-corrected chi connectivity index (χ3v) is 3.48. The van der Waals surface area contributed by atoms with Crippen LogP contribution in [0.4, 0.5) is 0 Å². The molecule has 0 radical (unpaired) electrons. The van der Waals surface area contributed by atoms with Gasteiger partial charge in [0.05, 0.1) is 0 Å². The van der Waals surface area contributed by atoms with Crippen LogP contribution in [0.5, 0.6) is 0 Å². The molecule has 15 heavy (non-hydrogen) atoms. The van der Waals surface area contributed by atoms with E-state index < -0.39 is 0 Å². The maximum atomic E-state index is 10.8. The van der Waals surface area contributed by atoms with Crippen LogP contribution >= 0.6 is 0 Å². The molecule has 0 spiro atoms. The lowest BCUT2D eigenvalue weighted by molar-refractivity contribution is -0.111. The third kappa shape index (κ3) is 2.68. The zero-order valence-electron chi connectivity index (χ0n) is 9.06. The summed E-state index contributed by atoms with van der Waals surface area (Å²) in [6.45, 7) is 0. The second-order valence-corrected chi connectivity index (χ2v) is 4.51. The Morgan fingerprint density at radius 2 is 1.80 bits per heavy atom. The fourth-order valence-corrected chi connectivity index (χ4v) is 2.52. The summed E-state index contributed by atoms with van der Waals surface area (Å²) in [6.07, 6.45) is 6.92. The number of hydrogen-bond acceptors (Lipinski definition) is 1. The van der Waals surface area contributed by atoms with Crippen LogP contribution in [-0.4, -0.2) is 6.29 Å². The number of rotatable bonds is 2. The summed E-state index contributed by atoms with van der Waals surface area (Å²) in [5.74, 6) is 0.995. The Kier molecular flexibility index (Phi) is 3.54. The average Bonchev–Trinajstić information content (AvgIpc) is 2.55. The summed E-state index contributed by atoms with van der Waals surface area (Å²) in [4.78, 5) is 10.8. The van der Waals surface area contributed by atoms with E-state index in [1.54, 1.807) is 0 Å². The smallest absolute Gasteiger partial charge is 0.123 e. The van der Waals surface area contributed by atoms with E-state index in [1.807, 2.05) is 0 Å². The van der Waals surface area contributed by atoms with Crippen molar-refractivity contribution in [3.8, 4) is 0 Å². The molecule has 1 aliphatic rings. The largest absolute Gasteiger partial charge is 0.303 e. The Morgan fingerprint density at radius 1 is 1.00 bits per heavy atom. The Labute approximate surface area is 91.5 Å². The lowest BCUT2D eigenvalue weighted by Crippen LogP contribution is -2.00. The molecule has 80 valence electrons. The summed E-state index contributed by atoms with van der Waals surface area (Å²) in [6, 6.07) is 10.7. The van der Waals surface area contributed by atoms with E-state index in [4.69, 9.17) is 0 Å². The lowest BCUT2D eigenvalue weighted by atomic mass is 9.91. The number of hydrogen-bond donors (Lipinski definition) is 0. The van der Waals surface area contributed by atoms with Gasteiger partial charge in [0.2, 0.25) is 0 Å². The second kappa shape index (κ2) is 5.11. The van der Waals surface area contributed by atoms with Crippen LogP contribution in [0.25, 0.3) is 0 Å². The molecule has 1 aromatic carbocycles. The highest BCUT2D eigenvalue weighted by Gasteiger charge is 2.19. The van der Waals surface area contributed by atoms with Gasteiger partial charge in [-0.3, -0.25) is 0 Å². The summed E-state index contributed by atoms with van der Waals surface area (Å²) in [5, 5.41) is 0. The molecule has 1 saturated carbocycles. The average molecular weight is 202 g/mol. The molecular weight excluding hydrogens is 184 g/mol. The zero-order chi connectivity index (χ0) is 10.5. The fourth-order valence-electron chi connectivity index (χ4n) is 2.52. The molecule has 2 unspecified atom stereocenters. The molecule has 0 N–H and O–H groups in total. The highest BCUT2D eigenvalue weighted by Crippen LogP contribution is 2.33. The molecule has 1 fully saturated rings. The predicted molar refractivity (Wildman–Crippen MR) is 61.8 cm³/mol. The van der Waals surface area contributed by atoms with Crippen molar-refractivity contribution in [2.75, 3.05) is 0 Å². The topological polar surface area (TPSA) is 17.1 Å². The highest BCUT2D eigenvalue weighted by molar-refractivity contribution is 5.53. The Morgan fingerprint density at radius 3 is 2.53 bits per heavy atom. The van der Waals surface area contributed by atoms with Gasteiger partial charge in [0.1, 0.15) is 6.29 Å². The Balaban J connectivity index is 2.02. The molecule has 1 heteroatoms. The van der Waals surface area contributed by atoms with Crippen molar-refractivity contribution in [1.82, 2.24) is 0 Å². The van der Waals surface area contributed by atoms with Crippen LogP contribution in [0.3, 0.4) is 0 Å². The van der Waals surface area contributed by atoms with Gasteiger partial charge in [-0.1, -0.05) is 36.8 Å². The Hall–Kier alpha value is -1.11. The molecule has 2 atom stereocenters. The maximum absolute atomic E-state index is 10.8. The number of benzene rings is 1. The van der Waals surface area contributed by atoms with E-state index in [-0.39, 0.29) is 0 Å². The molecular formula is C14H18O. The molecule has 0 bridgehead atoms. The van der Waals surface area contributed by atoms with Gasteiger partial charge in [-0.15, -0.1) is 0 Å². The van der Waals surface area contributed by atoms with Crippen LogP contribution in [-0.2, 0) is 4.79 Å². The minimum absolute atomic E-state index is 0.318. The third-order valence-electron chi connectivity index (χ3n) is 3.48. The van der Waals surface area contributed by atoms with Crippen LogP contribution in [0.1, 0.15) is 43.6 Å². The van der Waals surface area contributed by atoms with E-state index in [0.29, 0.717) is 11.8 Å². The molecule has 0 saturated heterocycles. The molecule has 0 amide bonds. The van der Waals surface area contributed by atoms with Crippen molar-refractivity contribution in [3.63, 3.8) is 0 Å². The van der Waals surface area contributed by atoms with E-state index >= 15 is 0 Å². The van der Waals surface area contributed by atoms with Crippen molar-refractivity contribution in [2.24, 2.45) is 5.92 Å². The van der Waals surface area contributed by atoms with Gasteiger partial charge >= 0.3 is 0 Å².